The van der Waals surface area contributed by atoms with Gasteiger partial charge in [-0.05, 0) is 37.1 Å². The molecule has 0 N–H and O–H groups in total. The summed E-state index contributed by atoms with van der Waals surface area (Å²) in [7, 11) is -3.65. The van der Waals surface area contributed by atoms with Crippen molar-refractivity contribution in [2.24, 2.45) is 0 Å². The van der Waals surface area contributed by atoms with Gasteiger partial charge in [-0.25, -0.2) is 8.42 Å². The van der Waals surface area contributed by atoms with Crippen LogP contribution in [0.3, 0.4) is 0 Å². The second kappa shape index (κ2) is 7.56. The third-order valence-electron chi connectivity index (χ3n) is 4.22. The van der Waals surface area contributed by atoms with E-state index in [4.69, 9.17) is 9.47 Å². The molecule has 134 valence electrons. The van der Waals surface area contributed by atoms with Crippen LogP contribution in [0.25, 0.3) is 0 Å². The van der Waals surface area contributed by atoms with Crippen molar-refractivity contribution >= 4 is 10.0 Å². The highest BCUT2D eigenvalue weighted by atomic mass is 32.2. The van der Waals surface area contributed by atoms with Gasteiger partial charge in [0, 0.05) is 13.1 Å². The number of benzene rings is 2. The van der Waals surface area contributed by atoms with Crippen LogP contribution in [0.4, 0.5) is 0 Å². The third-order valence-corrected chi connectivity index (χ3v) is 6.10. The zero-order chi connectivity index (χ0) is 17.9. The molecule has 5 nitrogen and oxygen atoms in total. The Kier molecular flexibility index (Phi) is 5.42. The summed E-state index contributed by atoms with van der Waals surface area (Å²) in [5, 5.41) is 0. The van der Waals surface area contributed by atoms with Crippen LogP contribution in [0, 0.1) is 6.92 Å². The van der Waals surface area contributed by atoms with Crippen molar-refractivity contribution in [3.63, 3.8) is 0 Å². The molecule has 2 aromatic carbocycles. The van der Waals surface area contributed by atoms with Gasteiger partial charge in [0.2, 0.25) is 10.0 Å². The summed E-state index contributed by atoms with van der Waals surface area (Å²) in [5.74, 6) is 0.399. The van der Waals surface area contributed by atoms with Gasteiger partial charge in [-0.3, -0.25) is 0 Å². The van der Waals surface area contributed by atoms with Crippen LogP contribution in [-0.2, 0) is 14.8 Å². The summed E-state index contributed by atoms with van der Waals surface area (Å²) in [6.07, 6.45) is -0.259. The van der Waals surface area contributed by atoms with Gasteiger partial charge in [0.15, 0.2) is 0 Å². The molecule has 2 aromatic rings. The Labute approximate surface area is 149 Å². The smallest absolute Gasteiger partial charge is 0.246 e. The summed E-state index contributed by atoms with van der Waals surface area (Å²) in [6.45, 7) is 5.14. The lowest BCUT2D eigenvalue weighted by Crippen LogP contribution is -2.42. The average Bonchev–Trinajstić information content (AvgIpc) is 2.64. The van der Waals surface area contributed by atoms with Gasteiger partial charge in [0.05, 0.1) is 19.3 Å². The van der Waals surface area contributed by atoms with E-state index >= 15 is 0 Å². The molecule has 1 atom stereocenters. The van der Waals surface area contributed by atoms with Crippen LogP contribution in [0.15, 0.2) is 53.4 Å². The minimum atomic E-state index is -3.65. The molecule has 0 amide bonds. The van der Waals surface area contributed by atoms with Gasteiger partial charge in [0.1, 0.15) is 10.6 Å². The summed E-state index contributed by atoms with van der Waals surface area (Å²) >= 11 is 0. The molecule has 1 fully saturated rings. The normalized spacial score (nSPS) is 18.9. The molecular formula is C19H23NO4S. The molecule has 25 heavy (non-hydrogen) atoms. The fraction of sp³-hybridized carbons (Fsp3) is 0.368. The van der Waals surface area contributed by atoms with E-state index in [1.165, 1.54) is 4.31 Å². The number of sulfonamides is 1. The number of hydrogen-bond acceptors (Lipinski definition) is 4. The highest BCUT2D eigenvalue weighted by Gasteiger charge is 2.33. The standard InChI is InChI=1S/C19H23NO4S/c1-3-23-17-10-9-15(2)13-19(17)25(21,22)20-11-12-24-18(14-20)16-7-5-4-6-8-16/h4-10,13,18H,3,11-12,14H2,1-2H3. The lowest BCUT2D eigenvalue weighted by molar-refractivity contribution is -0.00259. The molecule has 6 heteroatoms. The largest absolute Gasteiger partial charge is 0.492 e. The number of hydrogen-bond donors (Lipinski definition) is 0. The number of aryl methyl sites for hydroxylation is 1. The summed E-state index contributed by atoms with van der Waals surface area (Å²) in [6, 6.07) is 15.0. The molecule has 0 bridgehead atoms. The topological polar surface area (TPSA) is 55.8 Å². The van der Waals surface area contributed by atoms with Crippen molar-refractivity contribution in [3.8, 4) is 5.75 Å². The summed E-state index contributed by atoms with van der Waals surface area (Å²) in [5.41, 5.74) is 1.87. The van der Waals surface area contributed by atoms with Crippen molar-refractivity contribution < 1.29 is 17.9 Å². The quantitative estimate of drug-likeness (QED) is 0.821. The van der Waals surface area contributed by atoms with Crippen molar-refractivity contribution in [2.75, 3.05) is 26.3 Å². The molecular weight excluding hydrogens is 338 g/mol. The lowest BCUT2D eigenvalue weighted by Gasteiger charge is -2.32. The molecule has 0 spiro atoms. The SMILES string of the molecule is CCOc1ccc(C)cc1S(=O)(=O)N1CCOC(c2ccccc2)C1. The van der Waals surface area contributed by atoms with Crippen molar-refractivity contribution in [1.82, 2.24) is 4.31 Å². The Morgan fingerprint density at radius 3 is 2.68 bits per heavy atom. The van der Waals surface area contributed by atoms with Crippen LogP contribution < -0.4 is 4.74 Å². The van der Waals surface area contributed by atoms with Gasteiger partial charge < -0.3 is 9.47 Å². The van der Waals surface area contributed by atoms with Gasteiger partial charge in [-0.15, -0.1) is 0 Å². The average molecular weight is 361 g/mol. The van der Waals surface area contributed by atoms with Crippen molar-refractivity contribution in [2.45, 2.75) is 24.8 Å². The number of ether oxygens (including phenoxy) is 2. The maximum Gasteiger partial charge on any atom is 0.246 e. The van der Waals surface area contributed by atoms with Crippen LogP contribution in [0.2, 0.25) is 0 Å². The molecule has 1 aliphatic rings. The molecule has 1 aliphatic heterocycles. The van der Waals surface area contributed by atoms with E-state index in [2.05, 4.69) is 0 Å². The molecule has 1 unspecified atom stereocenters. The van der Waals surface area contributed by atoms with E-state index in [-0.39, 0.29) is 11.0 Å². The monoisotopic (exact) mass is 361 g/mol. The highest BCUT2D eigenvalue weighted by molar-refractivity contribution is 7.89. The van der Waals surface area contributed by atoms with Crippen LogP contribution in [0.1, 0.15) is 24.2 Å². The molecule has 1 heterocycles. The molecule has 0 saturated carbocycles. The Morgan fingerprint density at radius 1 is 1.20 bits per heavy atom. The van der Waals surface area contributed by atoms with Gasteiger partial charge in [-0.1, -0.05) is 36.4 Å². The van der Waals surface area contributed by atoms with Crippen molar-refractivity contribution in [1.29, 1.82) is 0 Å². The van der Waals surface area contributed by atoms with Crippen LogP contribution >= 0.6 is 0 Å². The maximum atomic E-state index is 13.2. The predicted octanol–water partition coefficient (Wildman–Crippen LogP) is 3.16. The Hall–Kier alpha value is -1.89. The van der Waals surface area contributed by atoms with E-state index in [0.29, 0.717) is 32.1 Å². The minimum absolute atomic E-state index is 0.225. The second-order valence-corrected chi connectivity index (χ2v) is 7.92. The molecule has 1 saturated heterocycles. The van der Waals surface area contributed by atoms with Crippen LogP contribution in [-0.4, -0.2) is 39.0 Å². The Bertz CT molecular complexity index is 821. The predicted molar refractivity (Wildman–Crippen MR) is 96.2 cm³/mol. The van der Waals surface area contributed by atoms with E-state index in [1.54, 1.807) is 12.1 Å². The number of nitrogens with zero attached hydrogens (tertiary/aromatic N) is 1. The fourth-order valence-corrected chi connectivity index (χ4v) is 4.58. The number of morpholine rings is 1. The van der Waals surface area contributed by atoms with Gasteiger partial charge >= 0.3 is 0 Å². The van der Waals surface area contributed by atoms with Gasteiger partial charge in [-0.2, -0.15) is 4.31 Å². The Morgan fingerprint density at radius 2 is 1.96 bits per heavy atom. The fourth-order valence-electron chi connectivity index (χ4n) is 2.94. The van der Waals surface area contributed by atoms with Gasteiger partial charge in [0.25, 0.3) is 0 Å². The Balaban J connectivity index is 1.91. The van der Waals surface area contributed by atoms with Crippen molar-refractivity contribution in [3.05, 3.63) is 59.7 Å². The molecule has 0 aliphatic carbocycles. The molecule has 0 radical (unpaired) electrons. The van der Waals surface area contributed by atoms with Crippen LogP contribution in [0.5, 0.6) is 5.75 Å². The first-order valence-electron chi connectivity index (χ1n) is 8.42. The zero-order valence-corrected chi connectivity index (χ0v) is 15.3. The maximum absolute atomic E-state index is 13.2. The third kappa shape index (κ3) is 3.86. The first kappa shape index (κ1) is 17.9. The molecule has 0 aromatic heterocycles. The first-order valence-corrected chi connectivity index (χ1v) is 9.86. The lowest BCUT2D eigenvalue weighted by atomic mass is 10.1. The number of rotatable bonds is 5. The van der Waals surface area contributed by atoms with E-state index < -0.39 is 10.0 Å². The van der Waals surface area contributed by atoms with E-state index in [1.807, 2.05) is 50.2 Å². The summed E-state index contributed by atoms with van der Waals surface area (Å²) < 4.78 is 39.2. The molecule has 3 rings (SSSR count). The van der Waals surface area contributed by atoms with E-state index in [0.717, 1.165) is 11.1 Å². The zero-order valence-electron chi connectivity index (χ0n) is 14.5. The highest BCUT2D eigenvalue weighted by Crippen LogP contribution is 2.31. The second-order valence-electron chi connectivity index (χ2n) is 6.02. The first-order chi connectivity index (χ1) is 12.0. The minimum Gasteiger partial charge on any atom is -0.492 e. The summed E-state index contributed by atoms with van der Waals surface area (Å²) in [4.78, 5) is 0.225. The van der Waals surface area contributed by atoms with E-state index in [9.17, 15) is 8.42 Å².